The van der Waals surface area contributed by atoms with Crippen molar-refractivity contribution in [1.82, 2.24) is 0 Å². The van der Waals surface area contributed by atoms with Crippen molar-refractivity contribution in [2.45, 2.75) is 0 Å². The number of carbonyl (C=O) groups excluding carboxylic acids is 1. The van der Waals surface area contributed by atoms with E-state index in [1.165, 1.54) is 0 Å². The molecule has 3 rings (SSSR count). The van der Waals surface area contributed by atoms with Crippen molar-refractivity contribution >= 4 is 34.8 Å². The van der Waals surface area contributed by atoms with Crippen molar-refractivity contribution in [3.63, 3.8) is 0 Å². The molecule has 0 atom stereocenters. The van der Waals surface area contributed by atoms with Gasteiger partial charge in [-0.25, -0.2) is 0 Å². The molecule has 0 saturated carbocycles. The molecule has 5 heteroatoms. The van der Waals surface area contributed by atoms with E-state index in [0.29, 0.717) is 32.8 Å². The zero-order valence-electron chi connectivity index (χ0n) is 12.5. The molecular weight excluding hydrogens is 345 g/mol. The Labute approximate surface area is 149 Å². The molecule has 0 bridgehead atoms. The second-order valence-corrected chi connectivity index (χ2v) is 5.83. The molecule has 0 spiro atoms. The van der Waals surface area contributed by atoms with Crippen molar-refractivity contribution in [3.05, 3.63) is 88.4 Å². The smallest absolute Gasteiger partial charge is 0.259 e. The van der Waals surface area contributed by atoms with Gasteiger partial charge in [-0.3, -0.25) is 4.79 Å². The van der Waals surface area contributed by atoms with Gasteiger partial charge >= 0.3 is 0 Å². The fourth-order valence-corrected chi connectivity index (χ4v) is 2.48. The monoisotopic (exact) mass is 357 g/mol. The molecule has 0 fully saturated rings. The van der Waals surface area contributed by atoms with Crippen molar-refractivity contribution in [2.75, 3.05) is 5.32 Å². The van der Waals surface area contributed by atoms with E-state index in [4.69, 9.17) is 27.9 Å². The average molecular weight is 358 g/mol. The van der Waals surface area contributed by atoms with Gasteiger partial charge < -0.3 is 10.1 Å². The van der Waals surface area contributed by atoms with Gasteiger partial charge in [-0.1, -0.05) is 53.5 Å². The lowest BCUT2D eigenvalue weighted by atomic mass is 10.1. The third-order valence-electron chi connectivity index (χ3n) is 3.28. The molecule has 1 N–H and O–H groups in total. The summed E-state index contributed by atoms with van der Waals surface area (Å²) < 4.78 is 5.80. The predicted molar refractivity (Wildman–Crippen MR) is 97.4 cm³/mol. The van der Waals surface area contributed by atoms with E-state index in [0.717, 1.165) is 0 Å². The van der Waals surface area contributed by atoms with Crippen LogP contribution in [0.1, 0.15) is 10.4 Å². The Kier molecular flexibility index (Phi) is 5.04. The SMILES string of the molecule is O=C(Nc1cc(Cl)ccc1Cl)c1ccccc1Oc1ccccc1. The lowest BCUT2D eigenvalue weighted by Gasteiger charge is -2.12. The number of anilines is 1. The van der Waals surface area contributed by atoms with E-state index in [1.807, 2.05) is 30.3 Å². The molecule has 0 unspecified atom stereocenters. The van der Waals surface area contributed by atoms with Crippen LogP contribution in [0.15, 0.2) is 72.8 Å². The lowest BCUT2D eigenvalue weighted by Crippen LogP contribution is -2.13. The second kappa shape index (κ2) is 7.39. The Morgan fingerprint density at radius 1 is 0.875 bits per heavy atom. The minimum atomic E-state index is -0.328. The summed E-state index contributed by atoms with van der Waals surface area (Å²) in [5, 5.41) is 3.66. The zero-order chi connectivity index (χ0) is 16.9. The number of hydrogen-bond donors (Lipinski definition) is 1. The minimum absolute atomic E-state index is 0.328. The number of hydrogen-bond acceptors (Lipinski definition) is 2. The number of carbonyl (C=O) groups is 1. The second-order valence-electron chi connectivity index (χ2n) is 4.99. The number of rotatable bonds is 4. The molecule has 0 radical (unpaired) electrons. The summed E-state index contributed by atoms with van der Waals surface area (Å²) in [6.45, 7) is 0. The summed E-state index contributed by atoms with van der Waals surface area (Å²) in [6, 6.07) is 21.2. The fraction of sp³-hybridized carbons (Fsp3) is 0. The number of halogens is 2. The molecular formula is C19H13Cl2NO2. The highest BCUT2D eigenvalue weighted by Crippen LogP contribution is 2.29. The Hall–Kier alpha value is -2.49. The van der Waals surface area contributed by atoms with Gasteiger partial charge in [-0.05, 0) is 42.5 Å². The Morgan fingerprint density at radius 2 is 1.58 bits per heavy atom. The summed E-state index contributed by atoms with van der Waals surface area (Å²) in [6.07, 6.45) is 0. The van der Waals surface area contributed by atoms with Crippen LogP contribution in [0.2, 0.25) is 10.0 Å². The first-order valence-electron chi connectivity index (χ1n) is 7.22. The van der Waals surface area contributed by atoms with Crippen LogP contribution in [-0.2, 0) is 0 Å². The van der Waals surface area contributed by atoms with Crippen LogP contribution in [-0.4, -0.2) is 5.91 Å². The highest BCUT2D eigenvalue weighted by molar-refractivity contribution is 6.35. The van der Waals surface area contributed by atoms with Gasteiger partial charge in [0, 0.05) is 5.02 Å². The topological polar surface area (TPSA) is 38.3 Å². The molecule has 24 heavy (non-hydrogen) atoms. The summed E-state index contributed by atoms with van der Waals surface area (Å²) >= 11 is 12.0. The van der Waals surface area contributed by atoms with Crippen molar-refractivity contribution in [1.29, 1.82) is 0 Å². The summed E-state index contributed by atoms with van der Waals surface area (Å²) in [4.78, 5) is 12.6. The quantitative estimate of drug-likeness (QED) is 0.618. The number of benzene rings is 3. The van der Waals surface area contributed by atoms with E-state index in [9.17, 15) is 4.79 Å². The molecule has 0 aliphatic heterocycles. The Balaban J connectivity index is 1.86. The molecule has 0 saturated heterocycles. The number of ether oxygens (including phenoxy) is 1. The van der Waals surface area contributed by atoms with E-state index in [2.05, 4.69) is 5.32 Å². The van der Waals surface area contributed by atoms with Gasteiger partial charge in [0.1, 0.15) is 11.5 Å². The first kappa shape index (κ1) is 16.4. The lowest BCUT2D eigenvalue weighted by molar-refractivity contribution is 0.102. The molecule has 3 nitrogen and oxygen atoms in total. The Bertz CT molecular complexity index is 866. The summed E-state index contributed by atoms with van der Waals surface area (Å²) in [5.74, 6) is 0.781. The van der Waals surface area contributed by atoms with Gasteiger partial charge in [-0.15, -0.1) is 0 Å². The summed E-state index contributed by atoms with van der Waals surface area (Å²) in [7, 11) is 0. The average Bonchev–Trinajstić information content (AvgIpc) is 2.59. The first-order chi connectivity index (χ1) is 11.6. The maximum Gasteiger partial charge on any atom is 0.259 e. The zero-order valence-corrected chi connectivity index (χ0v) is 14.0. The maximum absolute atomic E-state index is 12.6. The minimum Gasteiger partial charge on any atom is -0.457 e. The van der Waals surface area contributed by atoms with Gasteiger partial charge in [0.05, 0.1) is 16.3 Å². The van der Waals surface area contributed by atoms with E-state index >= 15 is 0 Å². The van der Waals surface area contributed by atoms with Gasteiger partial charge in [0.15, 0.2) is 0 Å². The molecule has 0 aliphatic rings. The van der Waals surface area contributed by atoms with E-state index in [1.54, 1.807) is 42.5 Å². The predicted octanol–water partition coefficient (Wildman–Crippen LogP) is 6.04. The maximum atomic E-state index is 12.6. The normalized spacial score (nSPS) is 10.2. The van der Waals surface area contributed by atoms with Gasteiger partial charge in [0.25, 0.3) is 5.91 Å². The Morgan fingerprint density at radius 3 is 2.38 bits per heavy atom. The molecule has 1 amide bonds. The van der Waals surface area contributed by atoms with Gasteiger partial charge in [0.2, 0.25) is 0 Å². The van der Waals surface area contributed by atoms with E-state index < -0.39 is 0 Å². The highest BCUT2D eigenvalue weighted by atomic mass is 35.5. The van der Waals surface area contributed by atoms with Crippen LogP contribution < -0.4 is 10.1 Å². The van der Waals surface area contributed by atoms with E-state index in [-0.39, 0.29) is 5.91 Å². The largest absolute Gasteiger partial charge is 0.457 e. The number of nitrogens with one attached hydrogen (secondary N) is 1. The van der Waals surface area contributed by atoms with Crippen LogP contribution in [0.25, 0.3) is 0 Å². The van der Waals surface area contributed by atoms with Crippen molar-refractivity contribution in [3.8, 4) is 11.5 Å². The molecule has 0 heterocycles. The summed E-state index contributed by atoms with van der Waals surface area (Å²) in [5.41, 5.74) is 0.848. The molecule has 0 aliphatic carbocycles. The van der Waals surface area contributed by atoms with Crippen LogP contribution in [0.3, 0.4) is 0 Å². The third kappa shape index (κ3) is 3.88. The third-order valence-corrected chi connectivity index (χ3v) is 3.84. The first-order valence-corrected chi connectivity index (χ1v) is 7.97. The van der Waals surface area contributed by atoms with Gasteiger partial charge in [-0.2, -0.15) is 0 Å². The molecule has 120 valence electrons. The number of para-hydroxylation sites is 2. The van der Waals surface area contributed by atoms with Crippen LogP contribution in [0.5, 0.6) is 11.5 Å². The van der Waals surface area contributed by atoms with Crippen molar-refractivity contribution in [2.24, 2.45) is 0 Å². The molecule has 3 aromatic carbocycles. The molecule has 0 aromatic heterocycles. The van der Waals surface area contributed by atoms with Crippen LogP contribution >= 0.6 is 23.2 Å². The standard InChI is InChI=1S/C19H13Cl2NO2/c20-13-10-11-16(21)17(12-13)22-19(23)15-8-4-5-9-18(15)24-14-6-2-1-3-7-14/h1-12H,(H,22,23). The molecule has 3 aromatic rings. The van der Waals surface area contributed by atoms with Crippen molar-refractivity contribution < 1.29 is 9.53 Å². The number of amides is 1. The fourth-order valence-electron chi connectivity index (χ4n) is 2.14. The van der Waals surface area contributed by atoms with Crippen LogP contribution in [0, 0.1) is 0 Å². The van der Waals surface area contributed by atoms with Crippen LogP contribution in [0.4, 0.5) is 5.69 Å². The highest BCUT2D eigenvalue weighted by Gasteiger charge is 2.14.